The van der Waals surface area contributed by atoms with E-state index in [1.54, 1.807) is 5.57 Å². The molecule has 4 aliphatic carbocycles. The van der Waals surface area contributed by atoms with Crippen molar-refractivity contribution in [1.82, 2.24) is 4.90 Å². The largest absolute Gasteiger partial charge is 0.305 e. The van der Waals surface area contributed by atoms with Crippen LogP contribution in [0.1, 0.15) is 6.42 Å². The minimum Gasteiger partial charge on any atom is -0.305 e. The molecule has 1 nitrogen and oxygen atoms in total. The van der Waals surface area contributed by atoms with E-state index in [1.807, 2.05) is 0 Å². The second-order valence-electron chi connectivity index (χ2n) is 6.20. The van der Waals surface area contributed by atoms with Crippen LogP contribution in [0.15, 0.2) is 82.0 Å². The monoisotopic (exact) mass is 261 g/mol. The molecule has 4 aliphatic rings. The standard InChI is InChI=1S/C19H19N/c1-20(2)12-13-10-16-8-6-14-4-3-5-15-7-9-17(11-13)19(16)18(14)15/h3-4,6-11,19H,5,12H2,1-2H3. The van der Waals surface area contributed by atoms with Crippen molar-refractivity contribution >= 4 is 0 Å². The van der Waals surface area contributed by atoms with E-state index in [1.165, 1.54) is 27.9 Å². The van der Waals surface area contributed by atoms with E-state index in [4.69, 9.17) is 0 Å². The highest BCUT2D eigenvalue weighted by atomic mass is 15.0. The van der Waals surface area contributed by atoms with Crippen molar-refractivity contribution in [2.24, 2.45) is 5.92 Å². The second kappa shape index (κ2) is 4.32. The number of allylic oxidation sites excluding steroid dienone is 12. The first-order chi connectivity index (χ1) is 9.72. The van der Waals surface area contributed by atoms with Crippen molar-refractivity contribution < 1.29 is 0 Å². The quantitative estimate of drug-likeness (QED) is 0.732. The zero-order chi connectivity index (χ0) is 13.7. The van der Waals surface area contributed by atoms with Gasteiger partial charge in [0.25, 0.3) is 0 Å². The van der Waals surface area contributed by atoms with Gasteiger partial charge >= 0.3 is 0 Å². The van der Waals surface area contributed by atoms with Crippen LogP contribution in [0.5, 0.6) is 0 Å². The lowest BCUT2D eigenvalue weighted by atomic mass is 9.68. The third-order valence-electron chi connectivity index (χ3n) is 4.38. The van der Waals surface area contributed by atoms with E-state index in [2.05, 4.69) is 67.6 Å². The number of nitrogens with zero attached hydrogens (tertiary/aromatic N) is 1. The van der Waals surface area contributed by atoms with Crippen LogP contribution in [0.4, 0.5) is 0 Å². The van der Waals surface area contributed by atoms with E-state index in [9.17, 15) is 0 Å². The van der Waals surface area contributed by atoms with Gasteiger partial charge in [-0.05, 0) is 54.0 Å². The summed E-state index contributed by atoms with van der Waals surface area (Å²) in [5.74, 6) is 0.478. The highest BCUT2D eigenvalue weighted by molar-refractivity contribution is 5.67. The minimum absolute atomic E-state index is 0.478. The van der Waals surface area contributed by atoms with Crippen molar-refractivity contribution in [3.8, 4) is 0 Å². The van der Waals surface area contributed by atoms with Crippen LogP contribution in [0.2, 0.25) is 0 Å². The Hall–Kier alpha value is -1.86. The lowest BCUT2D eigenvalue weighted by Gasteiger charge is -2.36. The average molecular weight is 261 g/mol. The molecule has 0 fully saturated rings. The molecule has 0 aliphatic heterocycles. The Balaban J connectivity index is 1.84. The van der Waals surface area contributed by atoms with Gasteiger partial charge in [0.15, 0.2) is 0 Å². The lowest BCUT2D eigenvalue weighted by Crippen LogP contribution is -2.23. The van der Waals surface area contributed by atoms with Crippen LogP contribution in [0, 0.1) is 5.92 Å². The molecule has 0 bridgehead atoms. The molecule has 1 heteroatoms. The highest BCUT2D eigenvalue weighted by Crippen LogP contribution is 2.47. The highest BCUT2D eigenvalue weighted by Gasteiger charge is 2.32. The predicted octanol–water partition coefficient (Wildman–Crippen LogP) is 3.72. The van der Waals surface area contributed by atoms with Gasteiger partial charge in [0, 0.05) is 12.5 Å². The topological polar surface area (TPSA) is 3.24 Å². The molecule has 1 atom stereocenters. The molecule has 20 heavy (non-hydrogen) atoms. The average Bonchev–Trinajstić information content (AvgIpc) is 2.44. The molecule has 0 radical (unpaired) electrons. The molecule has 4 rings (SSSR count). The summed E-state index contributed by atoms with van der Waals surface area (Å²) in [5.41, 5.74) is 8.75. The van der Waals surface area contributed by atoms with Crippen molar-refractivity contribution in [3.05, 3.63) is 82.0 Å². The molecule has 0 heterocycles. The first-order valence-corrected chi connectivity index (χ1v) is 7.29. The summed E-state index contributed by atoms with van der Waals surface area (Å²) in [7, 11) is 4.25. The molecule has 0 saturated heterocycles. The van der Waals surface area contributed by atoms with Gasteiger partial charge in [-0.1, -0.05) is 48.6 Å². The van der Waals surface area contributed by atoms with Crippen molar-refractivity contribution in [3.63, 3.8) is 0 Å². The number of rotatable bonds is 2. The predicted molar refractivity (Wildman–Crippen MR) is 84.3 cm³/mol. The summed E-state index contributed by atoms with van der Waals surface area (Å²) in [6.07, 6.45) is 19.6. The Morgan fingerprint density at radius 3 is 2.80 bits per heavy atom. The Labute approximate surface area is 120 Å². The fourth-order valence-corrected chi connectivity index (χ4v) is 3.64. The molecule has 0 amide bonds. The fourth-order valence-electron chi connectivity index (χ4n) is 3.64. The molecule has 1 unspecified atom stereocenters. The lowest BCUT2D eigenvalue weighted by molar-refractivity contribution is 0.448. The van der Waals surface area contributed by atoms with E-state index in [0.717, 1.165) is 13.0 Å². The van der Waals surface area contributed by atoms with E-state index >= 15 is 0 Å². The maximum atomic E-state index is 2.38. The molecule has 0 aromatic rings. The van der Waals surface area contributed by atoms with Gasteiger partial charge in [-0.25, -0.2) is 0 Å². The van der Waals surface area contributed by atoms with Gasteiger partial charge in [-0.15, -0.1) is 0 Å². The van der Waals surface area contributed by atoms with Gasteiger partial charge in [0.2, 0.25) is 0 Å². The summed E-state index contributed by atoms with van der Waals surface area (Å²) < 4.78 is 0. The second-order valence-corrected chi connectivity index (χ2v) is 6.20. The Morgan fingerprint density at radius 2 is 1.95 bits per heavy atom. The van der Waals surface area contributed by atoms with E-state index < -0.39 is 0 Å². The van der Waals surface area contributed by atoms with Crippen LogP contribution in [0.25, 0.3) is 0 Å². The van der Waals surface area contributed by atoms with Crippen molar-refractivity contribution in [2.45, 2.75) is 6.42 Å². The van der Waals surface area contributed by atoms with Gasteiger partial charge in [-0.2, -0.15) is 0 Å². The van der Waals surface area contributed by atoms with Gasteiger partial charge in [-0.3, -0.25) is 0 Å². The normalized spacial score (nSPS) is 26.1. The third kappa shape index (κ3) is 1.74. The van der Waals surface area contributed by atoms with E-state index in [0.29, 0.717) is 5.92 Å². The number of hydrogen-bond donors (Lipinski definition) is 0. The van der Waals surface area contributed by atoms with Crippen LogP contribution in [-0.2, 0) is 0 Å². The Bertz CT molecular complexity index is 687. The van der Waals surface area contributed by atoms with Crippen molar-refractivity contribution in [1.29, 1.82) is 0 Å². The van der Waals surface area contributed by atoms with Gasteiger partial charge < -0.3 is 4.90 Å². The van der Waals surface area contributed by atoms with Crippen LogP contribution >= 0.6 is 0 Å². The zero-order valence-electron chi connectivity index (χ0n) is 12.1. The molecule has 0 N–H and O–H groups in total. The van der Waals surface area contributed by atoms with Gasteiger partial charge in [0.1, 0.15) is 0 Å². The maximum absolute atomic E-state index is 2.38. The molecule has 100 valence electrons. The van der Waals surface area contributed by atoms with Crippen LogP contribution < -0.4 is 0 Å². The summed E-state index contributed by atoms with van der Waals surface area (Å²) in [6.45, 7) is 1.00. The smallest absolute Gasteiger partial charge is 0.0348 e. The first-order valence-electron chi connectivity index (χ1n) is 7.29. The molecule has 0 saturated carbocycles. The Morgan fingerprint density at radius 1 is 1.05 bits per heavy atom. The van der Waals surface area contributed by atoms with Crippen molar-refractivity contribution in [2.75, 3.05) is 20.6 Å². The molecule has 0 aromatic heterocycles. The molecule has 0 aromatic carbocycles. The SMILES string of the molecule is CN(C)CC1=CC2=CC=C3CC=CC4=C3C2C(=C1)C=C4. The summed E-state index contributed by atoms with van der Waals surface area (Å²) in [5, 5.41) is 0. The number of hydrogen-bond acceptors (Lipinski definition) is 1. The minimum atomic E-state index is 0.478. The third-order valence-corrected chi connectivity index (χ3v) is 4.38. The molecular formula is C19H19N. The van der Waals surface area contributed by atoms with Crippen LogP contribution in [-0.4, -0.2) is 25.5 Å². The van der Waals surface area contributed by atoms with Crippen LogP contribution in [0.3, 0.4) is 0 Å². The fraction of sp³-hybridized carbons (Fsp3) is 0.263. The van der Waals surface area contributed by atoms with Gasteiger partial charge in [0.05, 0.1) is 0 Å². The summed E-state index contributed by atoms with van der Waals surface area (Å²) >= 11 is 0. The molecule has 0 spiro atoms. The number of likely N-dealkylation sites (N-methyl/N-ethyl adjacent to an activating group) is 1. The summed E-state index contributed by atoms with van der Waals surface area (Å²) in [4.78, 5) is 2.23. The molecular weight excluding hydrogens is 242 g/mol. The zero-order valence-corrected chi connectivity index (χ0v) is 12.1. The maximum Gasteiger partial charge on any atom is 0.0348 e. The van der Waals surface area contributed by atoms with E-state index in [-0.39, 0.29) is 0 Å². The first kappa shape index (κ1) is 11.9. The Kier molecular flexibility index (Phi) is 2.58. The summed E-state index contributed by atoms with van der Waals surface area (Å²) in [6, 6.07) is 0.